The summed E-state index contributed by atoms with van der Waals surface area (Å²) in [5.74, 6) is -0.227. The molecule has 3 heterocycles. The molecule has 1 aliphatic rings. The van der Waals surface area contributed by atoms with Crippen LogP contribution in [-0.4, -0.2) is 45.0 Å². The number of H-pyrrole nitrogens is 1. The number of hydrogen-bond donors (Lipinski definition) is 2. The molecule has 2 amide bonds. The molecule has 1 fully saturated rings. The number of rotatable bonds is 3. The molecule has 3 N–H and O–H groups in total. The minimum atomic E-state index is -0.516. The summed E-state index contributed by atoms with van der Waals surface area (Å²) in [7, 11) is 0. The second kappa shape index (κ2) is 5.56. The van der Waals surface area contributed by atoms with Crippen LogP contribution in [0.4, 0.5) is 0 Å². The molecule has 0 radical (unpaired) electrons. The predicted molar refractivity (Wildman–Crippen MR) is 78.9 cm³/mol. The van der Waals surface area contributed by atoms with Gasteiger partial charge in [-0.05, 0) is 35.0 Å². The lowest BCUT2D eigenvalue weighted by molar-refractivity contribution is -0.121. The molecule has 2 unspecified atom stereocenters. The molecule has 0 saturated carbocycles. The second-order valence-electron chi connectivity index (χ2n) is 5.21. The van der Waals surface area contributed by atoms with Crippen LogP contribution in [0.15, 0.2) is 21.2 Å². The summed E-state index contributed by atoms with van der Waals surface area (Å²) in [5, 5.41) is 6.83. The fourth-order valence-corrected chi connectivity index (χ4v) is 2.94. The van der Waals surface area contributed by atoms with Gasteiger partial charge in [0.15, 0.2) is 16.3 Å². The minimum absolute atomic E-state index is 0.210. The molecule has 3 rings (SSSR count). The van der Waals surface area contributed by atoms with E-state index in [1.807, 2.05) is 0 Å². The number of likely N-dealkylation sites (tertiary alicyclic amines) is 1. The van der Waals surface area contributed by atoms with Crippen LogP contribution in [0.3, 0.4) is 0 Å². The van der Waals surface area contributed by atoms with E-state index >= 15 is 0 Å². The summed E-state index contributed by atoms with van der Waals surface area (Å²) in [5.41, 5.74) is 5.46. The molecule has 2 aromatic rings. The Bertz CT molecular complexity index is 725. The van der Waals surface area contributed by atoms with Gasteiger partial charge in [-0.2, -0.15) is 5.10 Å². The molecule has 0 spiro atoms. The van der Waals surface area contributed by atoms with Gasteiger partial charge in [-0.3, -0.25) is 14.7 Å². The molecular weight excluding hydrogens is 354 g/mol. The summed E-state index contributed by atoms with van der Waals surface area (Å²) in [6, 6.07) is 3.22. The number of nitrogens with two attached hydrogens (primary N) is 1. The van der Waals surface area contributed by atoms with Crippen LogP contribution < -0.4 is 5.73 Å². The lowest BCUT2D eigenvalue weighted by atomic mass is 9.95. The zero-order chi connectivity index (χ0) is 15.9. The average molecular weight is 368 g/mol. The Balaban J connectivity index is 1.84. The van der Waals surface area contributed by atoms with Crippen LogP contribution in [0.25, 0.3) is 0 Å². The Hall–Kier alpha value is -2.16. The Morgan fingerprint density at radius 1 is 1.45 bits per heavy atom. The molecule has 2 atom stereocenters. The highest BCUT2D eigenvalue weighted by Crippen LogP contribution is 2.32. The molecule has 116 valence electrons. The van der Waals surface area contributed by atoms with Crippen LogP contribution in [-0.2, 0) is 4.79 Å². The second-order valence-corrected chi connectivity index (χ2v) is 5.99. The van der Waals surface area contributed by atoms with Gasteiger partial charge in [-0.1, -0.05) is 0 Å². The van der Waals surface area contributed by atoms with Gasteiger partial charge in [-0.25, -0.2) is 4.98 Å². The van der Waals surface area contributed by atoms with Crippen LogP contribution >= 0.6 is 15.9 Å². The van der Waals surface area contributed by atoms with Crippen molar-refractivity contribution < 1.29 is 14.0 Å². The maximum atomic E-state index is 12.4. The Kier molecular flexibility index (Phi) is 3.73. The first-order valence-corrected chi connectivity index (χ1v) is 7.48. The van der Waals surface area contributed by atoms with Crippen LogP contribution in [0.5, 0.6) is 0 Å². The van der Waals surface area contributed by atoms with Gasteiger partial charge in [0, 0.05) is 13.1 Å². The number of nitrogens with one attached hydrogen (secondary N) is 1. The Labute approximate surface area is 134 Å². The van der Waals surface area contributed by atoms with Crippen molar-refractivity contribution in [2.75, 3.05) is 13.1 Å². The first-order valence-electron chi connectivity index (χ1n) is 6.68. The number of carbonyl (C=O) groups excluding carboxylic acids is 2. The highest BCUT2D eigenvalue weighted by atomic mass is 79.9. The molecular formula is C13H14BrN5O3. The van der Waals surface area contributed by atoms with Crippen molar-refractivity contribution >= 4 is 27.7 Å². The number of hydrogen-bond acceptors (Lipinski definition) is 5. The Morgan fingerprint density at radius 3 is 2.77 bits per heavy atom. The third kappa shape index (κ3) is 2.63. The number of aromatic amines is 1. The van der Waals surface area contributed by atoms with Crippen LogP contribution in [0.1, 0.15) is 28.1 Å². The first kappa shape index (κ1) is 14.8. The molecule has 1 saturated heterocycles. The minimum Gasteiger partial charge on any atom is -0.444 e. The normalized spacial score (nSPS) is 21.3. The zero-order valence-electron chi connectivity index (χ0n) is 11.7. The van der Waals surface area contributed by atoms with Gasteiger partial charge in [0.1, 0.15) is 5.82 Å². The lowest BCUT2D eigenvalue weighted by Gasteiger charge is -2.13. The molecule has 0 aromatic carbocycles. The van der Waals surface area contributed by atoms with Gasteiger partial charge in [0.25, 0.3) is 5.91 Å². The van der Waals surface area contributed by atoms with E-state index < -0.39 is 11.8 Å². The van der Waals surface area contributed by atoms with Crippen molar-refractivity contribution in [3.63, 3.8) is 0 Å². The van der Waals surface area contributed by atoms with E-state index in [0.717, 1.165) is 0 Å². The summed E-state index contributed by atoms with van der Waals surface area (Å²) in [6.07, 6.45) is 0. The van der Waals surface area contributed by atoms with Crippen molar-refractivity contribution in [1.82, 2.24) is 20.1 Å². The van der Waals surface area contributed by atoms with E-state index in [2.05, 4.69) is 31.1 Å². The van der Waals surface area contributed by atoms with Crippen molar-refractivity contribution in [3.05, 3.63) is 34.2 Å². The third-order valence-electron chi connectivity index (χ3n) is 3.70. The number of primary amides is 1. The van der Waals surface area contributed by atoms with Crippen molar-refractivity contribution in [3.8, 4) is 0 Å². The number of aromatic nitrogens is 3. The monoisotopic (exact) mass is 367 g/mol. The van der Waals surface area contributed by atoms with E-state index in [4.69, 9.17) is 10.2 Å². The summed E-state index contributed by atoms with van der Waals surface area (Å²) in [6.45, 7) is 2.32. The van der Waals surface area contributed by atoms with E-state index in [1.165, 1.54) is 4.90 Å². The summed E-state index contributed by atoms with van der Waals surface area (Å²) < 4.78 is 5.75. The molecule has 0 aliphatic carbocycles. The van der Waals surface area contributed by atoms with Gasteiger partial charge < -0.3 is 15.1 Å². The summed E-state index contributed by atoms with van der Waals surface area (Å²) >= 11 is 3.16. The first-order chi connectivity index (χ1) is 10.5. The fraction of sp³-hybridized carbons (Fsp3) is 0.385. The molecule has 9 heteroatoms. The van der Waals surface area contributed by atoms with E-state index in [1.54, 1.807) is 19.1 Å². The zero-order valence-corrected chi connectivity index (χ0v) is 13.3. The van der Waals surface area contributed by atoms with Crippen molar-refractivity contribution in [2.24, 2.45) is 11.7 Å². The molecule has 1 aliphatic heterocycles. The molecule has 0 bridgehead atoms. The van der Waals surface area contributed by atoms with E-state index in [9.17, 15) is 9.59 Å². The van der Waals surface area contributed by atoms with Crippen molar-refractivity contribution in [2.45, 2.75) is 12.8 Å². The maximum absolute atomic E-state index is 12.4. The van der Waals surface area contributed by atoms with Gasteiger partial charge >= 0.3 is 0 Å². The van der Waals surface area contributed by atoms with Crippen LogP contribution in [0.2, 0.25) is 0 Å². The molecule has 2 aromatic heterocycles. The highest BCUT2D eigenvalue weighted by molar-refractivity contribution is 9.10. The third-order valence-corrected chi connectivity index (χ3v) is 4.13. The number of halogens is 1. The van der Waals surface area contributed by atoms with Crippen molar-refractivity contribution in [1.29, 1.82) is 0 Å². The quantitative estimate of drug-likeness (QED) is 0.831. The van der Waals surface area contributed by atoms with Gasteiger partial charge in [0.2, 0.25) is 5.91 Å². The van der Waals surface area contributed by atoms with Gasteiger partial charge in [0.05, 0.1) is 11.8 Å². The fourth-order valence-electron chi connectivity index (χ4n) is 2.63. The SMILES string of the molecule is Cc1nc(C2CN(C(=O)c3ccc(Br)o3)CC2C(N)=O)n[nH]1. The average Bonchev–Trinajstić information content (AvgIpc) is 3.16. The number of furan rings is 1. The predicted octanol–water partition coefficient (Wildman–Crippen LogP) is 0.810. The standard InChI is InChI=1S/C13H14BrN5O3/c1-6-16-12(18-17-6)8-5-19(4-7(8)11(15)20)13(21)9-2-3-10(14)22-9/h2-3,7-8H,4-5H2,1H3,(H2,15,20)(H,16,17,18). The number of carbonyl (C=O) groups is 2. The molecule has 8 nitrogen and oxygen atoms in total. The largest absolute Gasteiger partial charge is 0.444 e. The maximum Gasteiger partial charge on any atom is 0.289 e. The van der Waals surface area contributed by atoms with E-state index in [-0.39, 0.29) is 24.1 Å². The Morgan fingerprint density at radius 2 is 2.23 bits per heavy atom. The molecule has 22 heavy (non-hydrogen) atoms. The summed E-state index contributed by atoms with van der Waals surface area (Å²) in [4.78, 5) is 29.9. The van der Waals surface area contributed by atoms with Gasteiger partial charge in [-0.15, -0.1) is 0 Å². The topological polar surface area (TPSA) is 118 Å². The van der Waals surface area contributed by atoms with E-state index in [0.29, 0.717) is 22.9 Å². The lowest BCUT2D eigenvalue weighted by Crippen LogP contribution is -2.31. The number of aryl methyl sites for hydroxylation is 1. The van der Waals surface area contributed by atoms with Crippen LogP contribution in [0, 0.1) is 12.8 Å². The number of amides is 2. The highest BCUT2D eigenvalue weighted by Gasteiger charge is 2.42. The smallest absolute Gasteiger partial charge is 0.289 e. The number of nitrogens with zero attached hydrogens (tertiary/aromatic N) is 3.